The fourth-order valence-corrected chi connectivity index (χ4v) is 3.23. The molecular formula is C18H22N2O6S. The van der Waals surface area contributed by atoms with Crippen LogP contribution in [0.5, 0.6) is 23.0 Å². The molecule has 0 aliphatic rings. The first-order valence-electron chi connectivity index (χ1n) is 8.03. The zero-order chi connectivity index (χ0) is 19.9. The number of benzene rings is 2. The van der Waals surface area contributed by atoms with Crippen LogP contribution in [0.15, 0.2) is 46.4 Å². The van der Waals surface area contributed by atoms with E-state index in [1.807, 2.05) is 6.92 Å². The van der Waals surface area contributed by atoms with Crippen LogP contribution in [0.1, 0.15) is 12.5 Å². The van der Waals surface area contributed by atoms with Gasteiger partial charge in [0.25, 0.3) is 10.0 Å². The van der Waals surface area contributed by atoms with Crippen LogP contribution in [0.2, 0.25) is 0 Å². The number of hydrogen-bond acceptors (Lipinski definition) is 7. The van der Waals surface area contributed by atoms with Crippen molar-refractivity contribution < 1.29 is 27.4 Å². The van der Waals surface area contributed by atoms with E-state index >= 15 is 0 Å². The lowest BCUT2D eigenvalue weighted by atomic mass is 10.2. The third-order valence-electron chi connectivity index (χ3n) is 3.53. The largest absolute Gasteiger partial charge is 0.497 e. The van der Waals surface area contributed by atoms with Crippen molar-refractivity contribution >= 4 is 16.2 Å². The van der Waals surface area contributed by atoms with Crippen molar-refractivity contribution in [3.8, 4) is 23.0 Å². The van der Waals surface area contributed by atoms with Gasteiger partial charge in [-0.2, -0.15) is 18.4 Å². The summed E-state index contributed by atoms with van der Waals surface area (Å²) in [6.07, 6.45) is 1.37. The number of sulfonamides is 1. The van der Waals surface area contributed by atoms with Crippen molar-refractivity contribution in [2.45, 2.75) is 11.8 Å². The minimum Gasteiger partial charge on any atom is -0.497 e. The highest BCUT2D eigenvalue weighted by Crippen LogP contribution is 2.29. The number of hydrazone groups is 1. The molecule has 0 atom stereocenters. The zero-order valence-corrected chi connectivity index (χ0v) is 16.4. The Morgan fingerprint density at radius 2 is 1.67 bits per heavy atom. The summed E-state index contributed by atoms with van der Waals surface area (Å²) in [4.78, 5) is 2.09. The van der Waals surface area contributed by atoms with E-state index in [9.17, 15) is 8.42 Å². The molecule has 146 valence electrons. The van der Waals surface area contributed by atoms with Gasteiger partial charge in [0.1, 0.15) is 16.4 Å². The molecule has 9 heteroatoms. The Morgan fingerprint density at radius 1 is 0.963 bits per heavy atom. The second-order valence-corrected chi connectivity index (χ2v) is 6.84. The highest BCUT2D eigenvalue weighted by molar-refractivity contribution is 7.89. The number of nitrogens with zero attached hydrogens (tertiary/aromatic N) is 1. The van der Waals surface area contributed by atoms with Crippen molar-refractivity contribution in [2.24, 2.45) is 5.10 Å². The van der Waals surface area contributed by atoms with Crippen molar-refractivity contribution in [1.29, 1.82) is 0 Å². The maximum atomic E-state index is 12.5. The average molecular weight is 394 g/mol. The zero-order valence-electron chi connectivity index (χ0n) is 15.6. The van der Waals surface area contributed by atoms with Gasteiger partial charge in [-0.1, -0.05) is 0 Å². The molecule has 0 radical (unpaired) electrons. The summed E-state index contributed by atoms with van der Waals surface area (Å²) in [5.74, 6) is 1.69. The molecule has 2 aromatic rings. The van der Waals surface area contributed by atoms with Crippen molar-refractivity contribution in [3.05, 3.63) is 42.0 Å². The van der Waals surface area contributed by atoms with Gasteiger partial charge in [-0.3, -0.25) is 0 Å². The molecule has 0 saturated carbocycles. The molecule has 0 fully saturated rings. The van der Waals surface area contributed by atoms with Crippen LogP contribution in [0.3, 0.4) is 0 Å². The van der Waals surface area contributed by atoms with E-state index in [4.69, 9.17) is 18.9 Å². The Hall–Kier alpha value is -2.94. The molecule has 1 N–H and O–H groups in total. The van der Waals surface area contributed by atoms with Crippen molar-refractivity contribution in [1.82, 2.24) is 4.83 Å². The van der Waals surface area contributed by atoms with Gasteiger partial charge in [-0.05, 0) is 42.8 Å². The quantitative estimate of drug-likeness (QED) is 0.518. The van der Waals surface area contributed by atoms with Gasteiger partial charge in [-0.25, -0.2) is 0 Å². The van der Waals surface area contributed by atoms with Crippen LogP contribution >= 0.6 is 0 Å². The van der Waals surface area contributed by atoms with Crippen LogP contribution in [0, 0.1) is 0 Å². The standard InChI is InChI=1S/C18H22N2O6S/c1-5-26-17-10-13(6-8-15(17)24-3)12-19-20-27(21,22)18-11-14(23-2)7-9-16(18)25-4/h6-12,20H,5H2,1-4H3/b19-12+. The lowest BCUT2D eigenvalue weighted by Crippen LogP contribution is -2.19. The molecule has 0 saturated heterocycles. The van der Waals surface area contributed by atoms with E-state index in [2.05, 4.69) is 9.93 Å². The first-order chi connectivity index (χ1) is 12.9. The number of ether oxygens (including phenoxy) is 4. The number of methoxy groups -OCH3 is 3. The van der Waals surface area contributed by atoms with Gasteiger partial charge in [0.15, 0.2) is 11.5 Å². The van der Waals surface area contributed by atoms with E-state index in [-0.39, 0.29) is 10.6 Å². The van der Waals surface area contributed by atoms with Gasteiger partial charge in [0, 0.05) is 6.07 Å². The normalized spacial score (nSPS) is 11.3. The molecule has 2 aromatic carbocycles. The summed E-state index contributed by atoms with van der Waals surface area (Å²) in [5, 5.41) is 3.82. The third kappa shape index (κ3) is 5.04. The van der Waals surface area contributed by atoms with Gasteiger partial charge in [-0.15, -0.1) is 0 Å². The second-order valence-electron chi connectivity index (χ2n) is 5.21. The third-order valence-corrected chi connectivity index (χ3v) is 4.78. The molecule has 0 bridgehead atoms. The summed E-state index contributed by atoms with van der Waals surface area (Å²) in [6, 6.07) is 9.61. The first kappa shape index (κ1) is 20.4. The maximum absolute atomic E-state index is 12.5. The molecule has 27 heavy (non-hydrogen) atoms. The summed E-state index contributed by atoms with van der Waals surface area (Å²) in [7, 11) is 0.429. The fraction of sp³-hybridized carbons (Fsp3) is 0.278. The Labute approximate surface area is 158 Å². The lowest BCUT2D eigenvalue weighted by Gasteiger charge is -2.11. The molecule has 2 rings (SSSR count). The van der Waals surface area contributed by atoms with Crippen LogP contribution < -0.4 is 23.8 Å². The molecular weight excluding hydrogens is 372 g/mol. The Morgan fingerprint density at radius 3 is 2.30 bits per heavy atom. The molecule has 0 aliphatic carbocycles. The molecule has 0 amide bonds. The fourth-order valence-electron chi connectivity index (χ4n) is 2.26. The van der Waals surface area contributed by atoms with Crippen LogP contribution in [0.25, 0.3) is 0 Å². The van der Waals surface area contributed by atoms with Crippen molar-refractivity contribution in [2.75, 3.05) is 27.9 Å². The van der Waals surface area contributed by atoms with E-state index in [1.54, 1.807) is 31.4 Å². The highest BCUT2D eigenvalue weighted by Gasteiger charge is 2.20. The lowest BCUT2D eigenvalue weighted by molar-refractivity contribution is 0.311. The van der Waals surface area contributed by atoms with E-state index in [1.165, 1.54) is 32.6 Å². The predicted octanol–water partition coefficient (Wildman–Crippen LogP) is 2.42. The molecule has 0 spiro atoms. The van der Waals surface area contributed by atoms with E-state index in [0.717, 1.165) is 0 Å². The maximum Gasteiger partial charge on any atom is 0.280 e. The van der Waals surface area contributed by atoms with Crippen LogP contribution in [-0.2, 0) is 10.0 Å². The Balaban J connectivity index is 2.23. The molecule has 8 nitrogen and oxygen atoms in total. The minimum atomic E-state index is -3.95. The summed E-state index contributed by atoms with van der Waals surface area (Å²) in [6.45, 7) is 2.33. The Kier molecular flexibility index (Phi) is 6.89. The summed E-state index contributed by atoms with van der Waals surface area (Å²) >= 11 is 0. The topological polar surface area (TPSA) is 95.5 Å². The van der Waals surface area contributed by atoms with Gasteiger partial charge in [0.2, 0.25) is 0 Å². The average Bonchev–Trinajstić information content (AvgIpc) is 2.67. The summed E-state index contributed by atoms with van der Waals surface area (Å²) in [5.41, 5.74) is 0.638. The molecule has 0 unspecified atom stereocenters. The van der Waals surface area contributed by atoms with Gasteiger partial charge in [0.05, 0.1) is 34.2 Å². The van der Waals surface area contributed by atoms with Gasteiger partial charge < -0.3 is 18.9 Å². The van der Waals surface area contributed by atoms with Crippen LogP contribution in [-0.4, -0.2) is 42.6 Å². The highest BCUT2D eigenvalue weighted by atomic mass is 32.2. The molecule has 0 heterocycles. The Bertz CT molecular complexity index is 912. The number of nitrogens with one attached hydrogen (secondary N) is 1. The molecule has 0 aromatic heterocycles. The molecule has 0 aliphatic heterocycles. The van der Waals surface area contributed by atoms with Crippen molar-refractivity contribution in [3.63, 3.8) is 0 Å². The van der Waals surface area contributed by atoms with Gasteiger partial charge >= 0.3 is 0 Å². The first-order valence-corrected chi connectivity index (χ1v) is 9.51. The minimum absolute atomic E-state index is 0.0776. The SMILES string of the molecule is CCOc1cc(/C=N/NS(=O)(=O)c2cc(OC)ccc2OC)ccc1OC. The monoisotopic (exact) mass is 394 g/mol. The predicted molar refractivity (Wildman–Crippen MR) is 102 cm³/mol. The van der Waals surface area contributed by atoms with Crippen LogP contribution in [0.4, 0.5) is 0 Å². The van der Waals surface area contributed by atoms with E-state index < -0.39 is 10.0 Å². The summed E-state index contributed by atoms with van der Waals surface area (Å²) < 4.78 is 45.9. The number of rotatable bonds is 9. The number of hydrogen-bond donors (Lipinski definition) is 1. The van der Waals surface area contributed by atoms with E-state index in [0.29, 0.717) is 29.4 Å². The second kappa shape index (κ2) is 9.13. The smallest absolute Gasteiger partial charge is 0.280 e.